The third-order valence-electron chi connectivity index (χ3n) is 5.20. The van der Waals surface area contributed by atoms with Gasteiger partial charge in [-0.3, -0.25) is 9.59 Å². The molecular formula is C22H20N2O3. The number of esters is 1. The second-order valence-corrected chi connectivity index (χ2v) is 6.76. The summed E-state index contributed by atoms with van der Waals surface area (Å²) in [6.45, 7) is 0. The average molecular weight is 360 g/mol. The number of hydrogen-bond acceptors (Lipinski definition) is 4. The molecule has 27 heavy (non-hydrogen) atoms. The highest BCUT2D eigenvalue weighted by Gasteiger charge is 2.37. The summed E-state index contributed by atoms with van der Waals surface area (Å²) < 4.78 is 5.05. The minimum Gasteiger partial charge on any atom is -0.469 e. The molecule has 0 amide bonds. The zero-order valence-electron chi connectivity index (χ0n) is 15.0. The summed E-state index contributed by atoms with van der Waals surface area (Å²) in [5.74, 6) is -0.196. The molecule has 0 radical (unpaired) electrons. The van der Waals surface area contributed by atoms with Crippen LogP contribution < -0.4 is 5.56 Å². The van der Waals surface area contributed by atoms with Crippen molar-refractivity contribution in [2.75, 3.05) is 7.11 Å². The Kier molecular flexibility index (Phi) is 4.59. The average Bonchev–Trinajstić information content (AvgIpc) is 2.73. The summed E-state index contributed by atoms with van der Waals surface area (Å²) in [6.07, 6.45) is 0.863. The topological polar surface area (TPSA) is 72.0 Å². The van der Waals surface area contributed by atoms with E-state index >= 15 is 0 Å². The molecule has 0 fully saturated rings. The minimum atomic E-state index is -0.358. The number of rotatable bonds is 3. The Morgan fingerprint density at radius 3 is 2.37 bits per heavy atom. The first-order valence-electron chi connectivity index (χ1n) is 8.97. The number of carbonyl (C=O) groups is 1. The molecule has 0 saturated heterocycles. The SMILES string of the molecule is COC(=O)[C@H]1Cc2nc(-c3ccccc3)[nH]c(=O)c2C[C@@H]1c1ccccc1. The smallest absolute Gasteiger partial charge is 0.309 e. The fraction of sp³-hybridized carbons (Fsp3) is 0.227. The number of H-pyrrole nitrogens is 1. The first-order valence-corrected chi connectivity index (χ1v) is 8.97. The lowest BCUT2D eigenvalue weighted by atomic mass is 9.74. The van der Waals surface area contributed by atoms with Gasteiger partial charge in [-0.25, -0.2) is 4.98 Å². The molecule has 1 heterocycles. The normalized spacial score (nSPS) is 18.6. The number of fused-ring (bicyclic) bond motifs is 1. The summed E-state index contributed by atoms with van der Waals surface area (Å²) in [6, 6.07) is 19.3. The van der Waals surface area contributed by atoms with Gasteiger partial charge in [-0.2, -0.15) is 0 Å². The van der Waals surface area contributed by atoms with Crippen molar-refractivity contribution in [3.8, 4) is 11.4 Å². The fourth-order valence-corrected chi connectivity index (χ4v) is 3.82. The van der Waals surface area contributed by atoms with Crippen molar-refractivity contribution < 1.29 is 9.53 Å². The maximum Gasteiger partial charge on any atom is 0.309 e. The van der Waals surface area contributed by atoms with Gasteiger partial charge in [-0.05, 0) is 12.0 Å². The van der Waals surface area contributed by atoms with E-state index in [1.165, 1.54) is 7.11 Å². The molecule has 5 nitrogen and oxygen atoms in total. The molecule has 0 bridgehead atoms. The van der Waals surface area contributed by atoms with E-state index in [1.54, 1.807) is 0 Å². The zero-order valence-corrected chi connectivity index (χ0v) is 15.0. The molecule has 1 N–H and O–H groups in total. The fourth-order valence-electron chi connectivity index (χ4n) is 3.82. The standard InChI is InChI=1S/C22H20N2O3/c1-27-22(26)17-13-19-18(12-16(17)14-8-4-2-5-9-14)21(25)24-20(23-19)15-10-6-3-7-11-15/h2-11,16-17H,12-13H2,1H3,(H,23,24,25)/t16-,17+/m1/s1. The van der Waals surface area contributed by atoms with Crippen LogP contribution in [-0.2, 0) is 22.4 Å². The second-order valence-electron chi connectivity index (χ2n) is 6.76. The summed E-state index contributed by atoms with van der Waals surface area (Å²) in [4.78, 5) is 32.8. The number of methoxy groups -OCH3 is 1. The van der Waals surface area contributed by atoms with Gasteiger partial charge < -0.3 is 9.72 Å². The predicted octanol–water partition coefficient (Wildman–Crippen LogP) is 3.11. The number of nitrogens with zero attached hydrogens (tertiary/aromatic N) is 1. The number of hydrogen-bond donors (Lipinski definition) is 1. The Morgan fingerprint density at radius 2 is 1.70 bits per heavy atom. The van der Waals surface area contributed by atoms with Gasteiger partial charge in [0.05, 0.1) is 18.7 Å². The van der Waals surface area contributed by atoms with Crippen LogP contribution in [0.15, 0.2) is 65.5 Å². The number of benzene rings is 2. The highest BCUT2D eigenvalue weighted by atomic mass is 16.5. The van der Waals surface area contributed by atoms with Crippen molar-refractivity contribution >= 4 is 5.97 Å². The van der Waals surface area contributed by atoms with Gasteiger partial charge in [0.15, 0.2) is 0 Å². The molecule has 4 rings (SSSR count). The van der Waals surface area contributed by atoms with E-state index in [2.05, 4.69) is 9.97 Å². The van der Waals surface area contributed by atoms with Gasteiger partial charge >= 0.3 is 5.97 Å². The monoisotopic (exact) mass is 360 g/mol. The van der Waals surface area contributed by atoms with Crippen LogP contribution in [0.5, 0.6) is 0 Å². The molecule has 0 aliphatic heterocycles. The second kappa shape index (κ2) is 7.19. The van der Waals surface area contributed by atoms with Crippen LogP contribution in [0.25, 0.3) is 11.4 Å². The van der Waals surface area contributed by atoms with E-state index in [-0.39, 0.29) is 23.4 Å². The number of aromatic amines is 1. The molecule has 0 unspecified atom stereocenters. The number of aromatic nitrogens is 2. The lowest BCUT2D eigenvalue weighted by Crippen LogP contribution is -2.35. The number of nitrogens with one attached hydrogen (secondary N) is 1. The highest BCUT2D eigenvalue weighted by Crippen LogP contribution is 2.36. The van der Waals surface area contributed by atoms with E-state index in [1.807, 2.05) is 60.7 Å². The molecule has 2 aromatic carbocycles. The Balaban J connectivity index is 1.79. The van der Waals surface area contributed by atoms with E-state index in [4.69, 9.17) is 4.74 Å². The Morgan fingerprint density at radius 1 is 1.04 bits per heavy atom. The number of carbonyl (C=O) groups excluding carboxylic acids is 1. The molecule has 2 atom stereocenters. The Labute approximate surface area is 157 Å². The van der Waals surface area contributed by atoms with Crippen molar-refractivity contribution in [1.82, 2.24) is 9.97 Å². The van der Waals surface area contributed by atoms with E-state index < -0.39 is 0 Å². The lowest BCUT2D eigenvalue weighted by Gasteiger charge is -2.30. The Bertz CT molecular complexity index is 1010. The van der Waals surface area contributed by atoms with Crippen molar-refractivity contribution in [2.24, 2.45) is 5.92 Å². The molecule has 136 valence electrons. The molecule has 1 aliphatic rings. The summed E-state index contributed by atoms with van der Waals surface area (Å²) in [7, 11) is 1.40. The van der Waals surface area contributed by atoms with Crippen LogP contribution in [0.4, 0.5) is 0 Å². The van der Waals surface area contributed by atoms with Crippen LogP contribution in [0.3, 0.4) is 0 Å². The third-order valence-corrected chi connectivity index (χ3v) is 5.20. The van der Waals surface area contributed by atoms with Gasteiger partial charge in [-0.15, -0.1) is 0 Å². The minimum absolute atomic E-state index is 0.100. The van der Waals surface area contributed by atoms with Gasteiger partial charge in [-0.1, -0.05) is 60.7 Å². The van der Waals surface area contributed by atoms with Crippen LogP contribution in [0.2, 0.25) is 0 Å². The summed E-state index contributed by atoms with van der Waals surface area (Å²) >= 11 is 0. The summed E-state index contributed by atoms with van der Waals surface area (Å²) in [5, 5.41) is 0. The van der Waals surface area contributed by atoms with Crippen LogP contribution in [0.1, 0.15) is 22.7 Å². The zero-order chi connectivity index (χ0) is 18.8. The molecule has 5 heteroatoms. The van der Waals surface area contributed by atoms with Crippen molar-refractivity contribution in [3.05, 3.63) is 87.8 Å². The molecular weight excluding hydrogens is 340 g/mol. The first kappa shape index (κ1) is 17.2. The van der Waals surface area contributed by atoms with Gasteiger partial charge in [0.1, 0.15) is 5.82 Å². The van der Waals surface area contributed by atoms with Crippen molar-refractivity contribution in [3.63, 3.8) is 0 Å². The molecule has 1 aliphatic carbocycles. The quantitative estimate of drug-likeness (QED) is 0.729. The Hall–Kier alpha value is -3.21. The van der Waals surface area contributed by atoms with E-state index in [9.17, 15) is 9.59 Å². The van der Waals surface area contributed by atoms with Crippen LogP contribution in [0, 0.1) is 5.92 Å². The maximum atomic E-state index is 12.8. The maximum absolute atomic E-state index is 12.8. The van der Waals surface area contributed by atoms with Crippen LogP contribution in [-0.4, -0.2) is 23.0 Å². The van der Waals surface area contributed by atoms with Gasteiger partial charge in [0.25, 0.3) is 5.56 Å². The molecule has 1 aromatic heterocycles. The van der Waals surface area contributed by atoms with E-state index in [0.29, 0.717) is 29.9 Å². The number of ether oxygens (including phenoxy) is 1. The third kappa shape index (κ3) is 3.28. The van der Waals surface area contributed by atoms with Crippen molar-refractivity contribution in [1.29, 1.82) is 0 Å². The molecule has 0 saturated carbocycles. The lowest BCUT2D eigenvalue weighted by molar-refractivity contribution is -0.146. The molecule has 0 spiro atoms. The largest absolute Gasteiger partial charge is 0.469 e. The predicted molar refractivity (Wildman–Crippen MR) is 102 cm³/mol. The van der Waals surface area contributed by atoms with Crippen LogP contribution >= 0.6 is 0 Å². The van der Waals surface area contributed by atoms with Gasteiger partial charge in [0.2, 0.25) is 0 Å². The van der Waals surface area contributed by atoms with E-state index in [0.717, 1.165) is 11.1 Å². The van der Waals surface area contributed by atoms with Crippen molar-refractivity contribution in [2.45, 2.75) is 18.8 Å². The highest BCUT2D eigenvalue weighted by molar-refractivity contribution is 5.74. The summed E-state index contributed by atoms with van der Waals surface area (Å²) in [5.41, 5.74) is 3.08. The van der Waals surface area contributed by atoms with Gasteiger partial charge in [0, 0.05) is 23.5 Å². The molecule has 3 aromatic rings. The first-order chi connectivity index (χ1) is 13.2.